The van der Waals surface area contributed by atoms with Gasteiger partial charge in [0, 0.05) is 5.69 Å². The summed E-state index contributed by atoms with van der Waals surface area (Å²) in [5, 5.41) is 20.1. The molecule has 8 heteroatoms. The van der Waals surface area contributed by atoms with Crippen molar-refractivity contribution in [1.29, 1.82) is 0 Å². The van der Waals surface area contributed by atoms with E-state index >= 15 is 0 Å². The summed E-state index contributed by atoms with van der Waals surface area (Å²) in [6.45, 7) is 1.35. The number of aliphatic hydroxyl groups is 1. The number of H-pyrrole nitrogens is 2. The fourth-order valence-electron chi connectivity index (χ4n) is 2.19. The van der Waals surface area contributed by atoms with E-state index in [1.54, 1.807) is 42.5 Å². The zero-order valence-corrected chi connectivity index (χ0v) is 13.3. The number of hydrogen-bond acceptors (Lipinski definition) is 5. The molecule has 2 aromatic carbocycles. The molecule has 126 valence electrons. The lowest BCUT2D eigenvalue weighted by atomic mass is 10.2. The minimum absolute atomic E-state index is 0.202. The lowest BCUT2D eigenvalue weighted by Crippen LogP contribution is -2.14. The third kappa shape index (κ3) is 3.81. The predicted octanol–water partition coefficient (Wildman–Crippen LogP) is 3.37. The Morgan fingerprint density at radius 1 is 1.08 bits per heavy atom. The molecule has 3 rings (SSSR count). The Morgan fingerprint density at radius 3 is 2.52 bits per heavy atom. The van der Waals surface area contributed by atoms with E-state index < -0.39 is 5.91 Å². The molecule has 0 bridgehead atoms. The van der Waals surface area contributed by atoms with Crippen LogP contribution in [0.5, 0.6) is 0 Å². The van der Waals surface area contributed by atoms with Crippen molar-refractivity contribution in [3.63, 3.8) is 0 Å². The maximum absolute atomic E-state index is 12.4. The Morgan fingerprint density at radius 2 is 1.80 bits per heavy atom. The van der Waals surface area contributed by atoms with Crippen molar-refractivity contribution in [1.82, 2.24) is 9.97 Å². The minimum atomic E-state index is -0.614. The van der Waals surface area contributed by atoms with Crippen LogP contribution >= 0.6 is 0 Å². The van der Waals surface area contributed by atoms with Gasteiger partial charge in [-0.2, -0.15) is 5.11 Å². The highest BCUT2D eigenvalue weighted by molar-refractivity contribution is 6.04. The largest absolute Gasteiger partial charge is 0.510 e. The smallest absolute Gasteiger partial charge is 0.323 e. The van der Waals surface area contributed by atoms with Crippen LogP contribution < -0.4 is 11.0 Å². The van der Waals surface area contributed by atoms with Crippen molar-refractivity contribution in [2.24, 2.45) is 10.2 Å². The molecule has 3 aromatic rings. The van der Waals surface area contributed by atoms with Crippen LogP contribution in [0.2, 0.25) is 0 Å². The maximum Gasteiger partial charge on any atom is 0.323 e. The van der Waals surface area contributed by atoms with E-state index in [9.17, 15) is 14.7 Å². The SMILES string of the molecule is C/C(O)=C(\N=Nc1ccccc1)C(=O)Nc1ccc2[nH]c(=O)[nH]c2c1. The van der Waals surface area contributed by atoms with E-state index in [1.807, 2.05) is 6.07 Å². The topological polar surface area (TPSA) is 123 Å². The van der Waals surface area contributed by atoms with Crippen LogP contribution in [0.3, 0.4) is 0 Å². The van der Waals surface area contributed by atoms with E-state index in [4.69, 9.17) is 0 Å². The maximum atomic E-state index is 12.4. The molecule has 0 saturated carbocycles. The molecule has 0 aliphatic carbocycles. The molecule has 4 N–H and O–H groups in total. The number of carbonyl (C=O) groups is 1. The number of amides is 1. The Bertz CT molecular complexity index is 1030. The monoisotopic (exact) mass is 337 g/mol. The van der Waals surface area contributed by atoms with E-state index in [-0.39, 0.29) is 17.1 Å². The van der Waals surface area contributed by atoms with E-state index in [0.717, 1.165) is 0 Å². The Kier molecular flexibility index (Phi) is 4.42. The molecule has 1 heterocycles. The number of fused-ring (bicyclic) bond motifs is 1. The molecule has 0 aliphatic heterocycles. The number of anilines is 1. The summed E-state index contributed by atoms with van der Waals surface area (Å²) >= 11 is 0. The number of benzene rings is 2. The summed E-state index contributed by atoms with van der Waals surface area (Å²) in [6.07, 6.45) is 0. The minimum Gasteiger partial charge on any atom is -0.510 e. The number of imidazole rings is 1. The van der Waals surface area contributed by atoms with E-state index in [0.29, 0.717) is 22.4 Å². The highest BCUT2D eigenvalue weighted by Gasteiger charge is 2.14. The van der Waals surface area contributed by atoms with Crippen molar-refractivity contribution >= 4 is 28.3 Å². The van der Waals surface area contributed by atoms with Gasteiger partial charge in [-0.05, 0) is 37.3 Å². The summed E-state index contributed by atoms with van der Waals surface area (Å²) < 4.78 is 0. The zero-order chi connectivity index (χ0) is 17.8. The second-order valence-corrected chi connectivity index (χ2v) is 5.26. The third-order valence-corrected chi connectivity index (χ3v) is 3.35. The number of azo groups is 1. The predicted molar refractivity (Wildman–Crippen MR) is 93.8 cm³/mol. The van der Waals surface area contributed by atoms with Gasteiger partial charge in [-0.25, -0.2) is 4.79 Å². The molecule has 0 spiro atoms. The van der Waals surface area contributed by atoms with Crippen LogP contribution in [-0.4, -0.2) is 21.0 Å². The second kappa shape index (κ2) is 6.83. The first-order chi connectivity index (χ1) is 12.0. The molecule has 1 aromatic heterocycles. The van der Waals surface area contributed by atoms with Gasteiger partial charge in [-0.15, -0.1) is 5.11 Å². The van der Waals surface area contributed by atoms with Crippen molar-refractivity contribution in [2.45, 2.75) is 6.92 Å². The van der Waals surface area contributed by atoms with Crippen molar-refractivity contribution in [3.8, 4) is 0 Å². The zero-order valence-electron chi connectivity index (χ0n) is 13.3. The molecular formula is C17H15N5O3. The van der Waals surface area contributed by atoms with Crippen LogP contribution in [-0.2, 0) is 4.79 Å². The first-order valence-electron chi connectivity index (χ1n) is 7.43. The van der Waals surface area contributed by atoms with Crippen LogP contribution in [0, 0.1) is 0 Å². The molecule has 0 radical (unpaired) electrons. The number of allylic oxidation sites excluding steroid dienone is 1. The Hall–Kier alpha value is -3.68. The van der Waals surface area contributed by atoms with Crippen molar-refractivity contribution < 1.29 is 9.90 Å². The fourth-order valence-corrected chi connectivity index (χ4v) is 2.19. The van der Waals surface area contributed by atoms with Crippen molar-refractivity contribution in [3.05, 3.63) is 70.5 Å². The summed E-state index contributed by atoms with van der Waals surface area (Å²) in [7, 11) is 0. The van der Waals surface area contributed by atoms with Gasteiger partial charge >= 0.3 is 5.69 Å². The number of aromatic amines is 2. The van der Waals surface area contributed by atoms with Gasteiger partial charge in [0.05, 0.1) is 16.7 Å². The lowest BCUT2D eigenvalue weighted by molar-refractivity contribution is -0.113. The van der Waals surface area contributed by atoms with Gasteiger partial charge in [-0.1, -0.05) is 18.2 Å². The molecule has 0 aliphatic rings. The van der Waals surface area contributed by atoms with E-state index in [2.05, 4.69) is 25.5 Å². The van der Waals surface area contributed by atoms with Crippen LogP contribution in [0.1, 0.15) is 6.92 Å². The Labute approximate surface area is 141 Å². The quantitative estimate of drug-likeness (QED) is 0.331. The first kappa shape index (κ1) is 16.2. The average molecular weight is 337 g/mol. The van der Waals surface area contributed by atoms with Gasteiger partial charge < -0.3 is 20.4 Å². The number of nitrogens with one attached hydrogen (secondary N) is 3. The summed E-state index contributed by atoms with van der Waals surface area (Å²) in [6, 6.07) is 13.7. The van der Waals surface area contributed by atoms with Crippen LogP contribution in [0.25, 0.3) is 11.0 Å². The summed E-state index contributed by atoms with van der Waals surface area (Å²) in [5.41, 5.74) is 1.65. The van der Waals surface area contributed by atoms with Crippen LogP contribution in [0.4, 0.5) is 11.4 Å². The van der Waals surface area contributed by atoms with Gasteiger partial charge in [0.25, 0.3) is 5.91 Å². The molecule has 25 heavy (non-hydrogen) atoms. The second-order valence-electron chi connectivity index (χ2n) is 5.26. The standard InChI is InChI=1S/C17H15N5O3/c1-10(23)15(22-21-11-5-3-2-4-6-11)16(24)18-12-7-8-13-14(9-12)20-17(25)19-13/h2-9,23H,1H3,(H,18,24)(H2,19,20,25)/b15-10+,22-21?. The van der Waals surface area contributed by atoms with Gasteiger partial charge in [0.15, 0.2) is 5.70 Å². The molecule has 0 saturated heterocycles. The third-order valence-electron chi connectivity index (χ3n) is 3.35. The average Bonchev–Trinajstić information content (AvgIpc) is 2.95. The van der Waals surface area contributed by atoms with Crippen LogP contribution in [0.15, 0.2) is 75.0 Å². The fraction of sp³-hybridized carbons (Fsp3) is 0.0588. The highest BCUT2D eigenvalue weighted by Crippen LogP contribution is 2.18. The number of aliphatic hydroxyl groups excluding tert-OH is 1. The van der Waals surface area contributed by atoms with Gasteiger partial charge in [0.2, 0.25) is 0 Å². The number of hydrogen-bond donors (Lipinski definition) is 4. The summed E-state index contributed by atoms with van der Waals surface area (Å²) in [4.78, 5) is 28.8. The number of nitrogens with zero attached hydrogens (tertiary/aromatic N) is 2. The Balaban J connectivity index is 1.82. The first-order valence-corrected chi connectivity index (χ1v) is 7.43. The molecule has 1 amide bonds. The number of carbonyl (C=O) groups excluding carboxylic acids is 1. The highest BCUT2D eigenvalue weighted by atomic mass is 16.3. The number of rotatable bonds is 4. The molecular weight excluding hydrogens is 322 g/mol. The molecule has 0 unspecified atom stereocenters. The van der Waals surface area contributed by atoms with E-state index in [1.165, 1.54) is 6.92 Å². The van der Waals surface area contributed by atoms with Gasteiger partial charge in [0.1, 0.15) is 5.76 Å². The molecule has 8 nitrogen and oxygen atoms in total. The van der Waals surface area contributed by atoms with Gasteiger partial charge in [-0.3, -0.25) is 4.79 Å². The normalized spacial score (nSPS) is 12.4. The number of aromatic nitrogens is 2. The molecule has 0 atom stereocenters. The molecule has 0 fully saturated rings. The lowest BCUT2D eigenvalue weighted by Gasteiger charge is -2.06. The van der Waals surface area contributed by atoms with Crippen molar-refractivity contribution in [2.75, 3.05) is 5.32 Å². The summed E-state index contributed by atoms with van der Waals surface area (Å²) in [5.74, 6) is -0.870.